The zero-order valence-corrected chi connectivity index (χ0v) is 11.1. The summed E-state index contributed by atoms with van der Waals surface area (Å²) in [6, 6.07) is 11.2. The van der Waals surface area contributed by atoms with Crippen LogP contribution in [0.3, 0.4) is 0 Å². The molecule has 0 unspecified atom stereocenters. The van der Waals surface area contributed by atoms with Gasteiger partial charge in [0.1, 0.15) is 11.5 Å². The molecule has 102 valence electrons. The Morgan fingerprint density at radius 2 is 2.15 bits per heavy atom. The van der Waals surface area contributed by atoms with Gasteiger partial charge in [-0.3, -0.25) is 5.10 Å². The summed E-state index contributed by atoms with van der Waals surface area (Å²) in [6.45, 7) is 0.537. The molecule has 1 heterocycles. The number of methoxy groups -OCH3 is 1. The summed E-state index contributed by atoms with van der Waals surface area (Å²) in [6.07, 6.45) is 1.79. The summed E-state index contributed by atoms with van der Waals surface area (Å²) in [7, 11) is 1.58. The third-order valence-corrected chi connectivity index (χ3v) is 3.22. The molecule has 0 radical (unpaired) electrons. The van der Waals surface area contributed by atoms with E-state index in [1.54, 1.807) is 19.4 Å². The monoisotopic (exact) mass is 269 g/mol. The van der Waals surface area contributed by atoms with Gasteiger partial charge in [-0.1, -0.05) is 0 Å². The fourth-order valence-electron chi connectivity index (χ4n) is 2.06. The highest BCUT2D eigenvalue weighted by atomic mass is 16.5. The van der Waals surface area contributed by atoms with Crippen LogP contribution in [-0.2, 0) is 6.54 Å². The van der Waals surface area contributed by atoms with Crippen molar-refractivity contribution in [2.24, 2.45) is 0 Å². The van der Waals surface area contributed by atoms with E-state index >= 15 is 0 Å². The van der Waals surface area contributed by atoms with Crippen molar-refractivity contribution in [2.45, 2.75) is 6.54 Å². The Morgan fingerprint density at radius 1 is 1.25 bits per heavy atom. The predicted octanol–water partition coefficient (Wildman–Crippen LogP) is 2.89. The zero-order valence-electron chi connectivity index (χ0n) is 11.1. The fraction of sp³-hybridized carbons (Fsp3) is 0.133. The molecule has 0 bridgehead atoms. The lowest BCUT2D eigenvalue weighted by Gasteiger charge is -2.09. The van der Waals surface area contributed by atoms with Gasteiger partial charge in [-0.05, 0) is 30.3 Å². The lowest BCUT2D eigenvalue weighted by molar-refractivity contribution is 0.406. The normalized spacial score (nSPS) is 10.7. The van der Waals surface area contributed by atoms with Crippen LogP contribution in [0.4, 0.5) is 5.69 Å². The van der Waals surface area contributed by atoms with E-state index in [-0.39, 0.29) is 5.75 Å². The molecule has 0 aliphatic rings. The molecule has 5 nitrogen and oxygen atoms in total. The Labute approximate surface area is 116 Å². The second-order valence-electron chi connectivity index (χ2n) is 4.52. The number of aromatic hydroxyl groups is 1. The van der Waals surface area contributed by atoms with Gasteiger partial charge in [0, 0.05) is 29.2 Å². The van der Waals surface area contributed by atoms with Crippen molar-refractivity contribution in [3.8, 4) is 11.5 Å². The van der Waals surface area contributed by atoms with Gasteiger partial charge in [0.05, 0.1) is 18.8 Å². The molecule has 3 N–H and O–H groups in total. The number of aromatic nitrogens is 2. The lowest BCUT2D eigenvalue weighted by Crippen LogP contribution is -1.99. The van der Waals surface area contributed by atoms with Crippen LogP contribution >= 0.6 is 0 Å². The topological polar surface area (TPSA) is 70.2 Å². The Morgan fingerprint density at radius 3 is 2.95 bits per heavy atom. The average Bonchev–Trinajstić information content (AvgIpc) is 2.93. The average molecular weight is 269 g/mol. The van der Waals surface area contributed by atoms with Crippen molar-refractivity contribution in [1.29, 1.82) is 0 Å². The van der Waals surface area contributed by atoms with E-state index in [2.05, 4.69) is 15.5 Å². The van der Waals surface area contributed by atoms with Crippen molar-refractivity contribution < 1.29 is 9.84 Å². The fourth-order valence-corrected chi connectivity index (χ4v) is 2.06. The first-order valence-corrected chi connectivity index (χ1v) is 6.29. The van der Waals surface area contributed by atoms with Crippen LogP contribution in [0.15, 0.2) is 42.6 Å². The number of phenolic OH excluding ortho intramolecular Hbond substituents is 1. The highest BCUT2D eigenvalue weighted by Crippen LogP contribution is 2.24. The zero-order chi connectivity index (χ0) is 13.9. The van der Waals surface area contributed by atoms with Gasteiger partial charge in [-0.15, -0.1) is 0 Å². The molecule has 0 aliphatic heterocycles. The molecule has 0 fully saturated rings. The third kappa shape index (κ3) is 2.38. The number of nitrogens with one attached hydrogen (secondary N) is 2. The Balaban J connectivity index is 1.75. The van der Waals surface area contributed by atoms with Gasteiger partial charge in [0.2, 0.25) is 0 Å². The minimum Gasteiger partial charge on any atom is -0.507 e. The van der Waals surface area contributed by atoms with Gasteiger partial charge < -0.3 is 15.2 Å². The van der Waals surface area contributed by atoms with Crippen LogP contribution < -0.4 is 10.1 Å². The van der Waals surface area contributed by atoms with E-state index in [1.807, 2.05) is 30.3 Å². The minimum atomic E-state index is 0.222. The highest BCUT2D eigenvalue weighted by molar-refractivity contribution is 5.81. The highest BCUT2D eigenvalue weighted by Gasteiger charge is 2.04. The van der Waals surface area contributed by atoms with Gasteiger partial charge >= 0.3 is 0 Å². The maximum atomic E-state index is 9.90. The molecule has 5 heteroatoms. The van der Waals surface area contributed by atoms with E-state index in [0.29, 0.717) is 12.3 Å². The number of H-pyrrole nitrogens is 1. The molecule has 3 aromatic rings. The number of ether oxygens (including phenoxy) is 1. The smallest absolute Gasteiger partial charge is 0.124 e. The van der Waals surface area contributed by atoms with Crippen molar-refractivity contribution in [2.75, 3.05) is 12.4 Å². The van der Waals surface area contributed by atoms with Crippen LogP contribution in [-0.4, -0.2) is 22.4 Å². The molecule has 1 aromatic heterocycles. The maximum Gasteiger partial charge on any atom is 0.124 e. The van der Waals surface area contributed by atoms with Gasteiger partial charge in [0.15, 0.2) is 0 Å². The number of nitrogens with zero attached hydrogens (tertiary/aromatic N) is 1. The van der Waals surface area contributed by atoms with Crippen molar-refractivity contribution in [1.82, 2.24) is 10.2 Å². The number of anilines is 1. The number of hydrogen-bond donors (Lipinski definition) is 3. The molecular weight excluding hydrogens is 254 g/mol. The summed E-state index contributed by atoms with van der Waals surface area (Å²) in [5.74, 6) is 0.865. The number of hydrogen-bond acceptors (Lipinski definition) is 4. The van der Waals surface area contributed by atoms with E-state index in [1.165, 1.54) is 0 Å². The second-order valence-corrected chi connectivity index (χ2v) is 4.52. The SMILES string of the molecule is COc1ccc(CNc2ccc3cn[nH]c3c2)c(O)c1. The van der Waals surface area contributed by atoms with Gasteiger partial charge in [0.25, 0.3) is 0 Å². The molecule has 0 amide bonds. The molecule has 0 atom stereocenters. The van der Waals surface area contributed by atoms with Crippen molar-refractivity contribution in [3.05, 3.63) is 48.2 Å². The predicted molar refractivity (Wildman–Crippen MR) is 78.1 cm³/mol. The van der Waals surface area contributed by atoms with Crippen molar-refractivity contribution in [3.63, 3.8) is 0 Å². The number of benzene rings is 2. The summed E-state index contributed by atoms with van der Waals surface area (Å²) in [5.41, 5.74) is 2.77. The molecule has 0 saturated carbocycles. The third-order valence-electron chi connectivity index (χ3n) is 3.22. The summed E-state index contributed by atoms with van der Waals surface area (Å²) in [5, 5.41) is 21.2. The van der Waals surface area contributed by atoms with Crippen LogP contribution in [0.2, 0.25) is 0 Å². The standard InChI is InChI=1S/C15H15N3O2/c1-20-13-5-3-11(15(19)7-13)8-16-12-4-2-10-9-17-18-14(10)6-12/h2-7,9,16,19H,8H2,1H3,(H,17,18). The summed E-state index contributed by atoms with van der Waals surface area (Å²) < 4.78 is 5.06. The summed E-state index contributed by atoms with van der Waals surface area (Å²) >= 11 is 0. The largest absolute Gasteiger partial charge is 0.507 e. The molecule has 0 spiro atoms. The molecule has 20 heavy (non-hydrogen) atoms. The number of phenols is 1. The van der Waals surface area contributed by atoms with E-state index in [4.69, 9.17) is 4.74 Å². The number of rotatable bonds is 4. The Kier molecular flexibility index (Phi) is 3.16. The Hall–Kier alpha value is -2.69. The molecule has 2 aromatic carbocycles. The summed E-state index contributed by atoms with van der Waals surface area (Å²) in [4.78, 5) is 0. The molecular formula is C15H15N3O2. The van der Waals surface area contributed by atoms with E-state index < -0.39 is 0 Å². The van der Waals surface area contributed by atoms with Crippen molar-refractivity contribution >= 4 is 16.6 Å². The van der Waals surface area contributed by atoms with Crippen LogP contribution in [0.1, 0.15) is 5.56 Å². The van der Waals surface area contributed by atoms with E-state index in [9.17, 15) is 5.11 Å². The van der Waals surface area contributed by atoms with Crippen LogP contribution in [0, 0.1) is 0 Å². The first-order valence-electron chi connectivity index (χ1n) is 6.29. The van der Waals surface area contributed by atoms with Gasteiger partial charge in [-0.25, -0.2) is 0 Å². The minimum absolute atomic E-state index is 0.222. The van der Waals surface area contributed by atoms with Crippen LogP contribution in [0.5, 0.6) is 11.5 Å². The first kappa shape index (κ1) is 12.3. The molecule has 0 saturated heterocycles. The number of aromatic amines is 1. The maximum absolute atomic E-state index is 9.90. The second kappa shape index (κ2) is 5.13. The first-order chi connectivity index (χ1) is 9.76. The quantitative estimate of drug-likeness (QED) is 0.681. The lowest BCUT2D eigenvalue weighted by atomic mass is 10.2. The van der Waals surface area contributed by atoms with Gasteiger partial charge in [-0.2, -0.15) is 5.10 Å². The molecule has 0 aliphatic carbocycles. The van der Waals surface area contributed by atoms with E-state index in [0.717, 1.165) is 22.2 Å². The number of fused-ring (bicyclic) bond motifs is 1. The van der Waals surface area contributed by atoms with Crippen LogP contribution in [0.25, 0.3) is 10.9 Å². The Bertz CT molecular complexity index is 737. The molecule has 3 rings (SSSR count).